The van der Waals surface area contributed by atoms with E-state index in [1.807, 2.05) is 6.92 Å². The van der Waals surface area contributed by atoms with Crippen LogP contribution < -0.4 is 10.6 Å². The van der Waals surface area contributed by atoms with Gasteiger partial charge >= 0.3 is 0 Å². The first kappa shape index (κ1) is 21.2. The van der Waals surface area contributed by atoms with Crippen molar-refractivity contribution in [2.24, 2.45) is 5.92 Å². The first-order valence-electron chi connectivity index (χ1n) is 9.05. The summed E-state index contributed by atoms with van der Waals surface area (Å²) in [5.41, 5.74) is 0. The Morgan fingerprint density at radius 1 is 1.17 bits per heavy atom. The second-order valence-corrected chi connectivity index (χ2v) is 7.00. The summed E-state index contributed by atoms with van der Waals surface area (Å²) >= 11 is 0. The lowest BCUT2D eigenvalue weighted by molar-refractivity contribution is -0.135. The fraction of sp³-hybridized carbons (Fsp3) is 0.882. The van der Waals surface area contributed by atoms with E-state index in [0.29, 0.717) is 19.1 Å². The third-order valence-corrected chi connectivity index (χ3v) is 4.72. The Labute approximate surface area is 152 Å². The summed E-state index contributed by atoms with van der Waals surface area (Å²) in [4.78, 5) is 27.6. The van der Waals surface area contributed by atoms with Crippen LogP contribution in [-0.2, 0) is 9.59 Å². The Balaban J connectivity index is 0.00000288. The smallest absolute Gasteiger partial charge is 0.239 e. The number of carbonyl (C=O) groups excluding carboxylic acids is 2. The van der Waals surface area contributed by atoms with Crippen LogP contribution >= 0.6 is 12.4 Å². The fourth-order valence-electron chi connectivity index (χ4n) is 2.89. The minimum Gasteiger partial charge on any atom is -0.355 e. The third kappa shape index (κ3) is 7.81. The van der Waals surface area contributed by atoms with Crippen LogP contribution in [0.25, 0.3) is 0 Å². The van der Waals surface area contributed by atoms with Gasteiger partial charge in [0.15, 0.2) is 0 Å². The molecule has 1 saturated heterocycles. The molecule has 0 aromatic rings. The highest BCUT2D eigenvalue weighted by Gasteiger charge is 2.25. The molecule has 1 saturated carbocycles. The molecular formula is C17H33ClN4O2. The van der Waals surface area contributed by atoms with E-state index < -0.39 is 0 Å². The third-order valence-electron chi connectivity index (χ3n) is 4.72. The van der Waals surface area contributed by atoms with Gasteiger partial charge in [-0.05, 0) is 44.6 Å². The highest BCUT2D eigenvalue weighted by Crippen LogP contribution is 2.28. The van der Waals surface area contributed by atoms with Crippen LogP contribution in [0.5, 0.6) is 0 Å². The molecule has 1 aliphatic heterocycles. The molecule has 0 radical (unpaired) electrons. The molecule has 2 aliphatic rings. The monoisotopic (exact) mass is 360 g/mol. The van der Waals surface area contributed by atoms with E-state index in [1.165, 1.54) is 24.3 Å². The van der Waals surface area contributed by atoms with Crippen molar-refractivity contribution in [3.8, 4) is 0 Å². The lowest BCUT2D eigenvalue weighted by atomic mass is 10.0. The molecule has 0 aromatic carbocycles. The molecule has 2 N–H and O–H groups in total. The highest BCUT2D eigenvalue weighted by molar-refractivity contribution is 5.85. The molecule has 140 valence electrons. The van der Waals surface area contributed by atoms with E-state index in [4.69, 9.17) is 0 Å². The predicted octanol–water partition coefficient (Wildman–Crippen LogP) is 0.857. The number of piperidine rings is 1. The summed E-state index contributed by atoms with van der Waals surface area (Å²) in [7, 11) is 1.71. The van der Waals surface area contributed by atoms with Gasteiger partial charge in [-0.15, -0.1) is 12.4 Å². The fourth-order valence-corrected chi connectivity index (χ4v) is 2.89. The highest BCUT2D eigenvalue weighted by atomic mass is 35.5. The standard InChI is InChI=1S/C17H32N4O2.ClH/c1-3-8-18-16(22)12-20(2)17(23)13-21-9-6-15(7-10-21)19-11-14-4-5-14;/h14-15,19H,3-13H2,1-2H3,(H,18,22);1H. The normalized spacial score (nSPS) is 18.8. The van der Waals surface area contributed by atoms with Crippen molar-refractivity contribution in [2.75, 3.05) is 46.3 Å². The molecule has 0 aromatic heterocycles. The average molecular weight is 361 g/mol. The average Bonchev–Trinajstić information content (AvgIpc) is 3.36. The Kier molecular flexibility index (Phi) is 9.63. The van der Waals surface area contributed by atoms with Crippen LogP contribution in [0.1, 0.15) is 39.0 Å². The summed E-state index contributed by atoms with van der Waals surface area (Å²) in [6, 6.07) is 0.611. The van der Waals surface area contributed by atoms with Crippen molar-refractivity contribution in [2.45, 2.75) is 45.1 Å². The molecular weight excluding hydrogens is 328 g/mol. The number of likely N-dealkylation sites (tertiary alicyclic amines) is 1. The molecule has 0 spiro atoms. The van der Waals surface area contributed by atoms with Crippen molar-refractivity contribution in [3.05, 3.63) is 0 Å². The van der Waals surface area contributed by atoms with E-state index in [1.54, 1.807) is 7.05 Å². The zero-order chi connectivity index (χ0) is 16.7. The zero-order valence-corrected chi connectivity index (χ0v) is 15.9. The van der Waals surface area contributed by atoms with Crippen LogP contribution in [0.2, 0.25) is 0 Å². The first-order chi connectivity index (χ1) is 11.1. The van der Waals surface area contributed by atoms with Crippen molar-refractivity contribution in [1.29, 1.82) is 0 Å². The molecule has 1 aliphatic carbocycles. The van der Waals surface area contributed by atoms with Gasteiger partial charge in [-0.1, -0.05) is 6.92 Å². The number of amides is 2. The van der Waals surface area contributed by atoms with Crippen LogP contribution in [0.4, 0.5) is 0 Å². The molecule has 24 heavy (non-hydrogen) atoms. The zero-order valence-electron chi connectivity index (χ0n) is 15.1. The summed E-state index contributed by atoms with van der Waals surface area (Å²) in [6.45, 7) is 6.35. The maximum atomic E-state index is 12.2. The van der Waals surface area contributed by atoms with Crippen molar-refractivity contribution >= 4 is 24.2 Å². The van der Waals surface area contributed by atoms with Crippen LogP contribution in [0, 0.1) is 5.92 Å². The summed E-state index contributed by atoms with van der Waals surface area (Å²) in [5.74, 6) is 0.869. The van der Waals surface area contributed by atoms with E-state index in [2.05, 4.69) is 15.5 Å². The Morgan fingerprint density at radius 2 is 1.83 bits per heavy atom. The van der Waals surface area contributed by atoms with Gasteiger partial charge in [0.1, 0.15) is 0 Å². The van der Waals surface area contributed by atoms with Gasteiger partial charge in [0.25, 0.3) is 0 Å². The Bertz CT molecular complexity index is 396. The SMILES string of the molecule is CCCNC(=O)CN(C)C(=O)CN1CCC(NCC2CC2)CC1.Cl. The van der Waals surface area contributed by atoms with Gasteiger partial charge in [-0.3, -0.25) is 14.5 Å². The number of halogens is 1. The molecule has 2 rings (SSSR count). The van der Waals surface area contributed by atoms with Gasteiger partial charge in [-0.2, -0.15) is 0 Å². The molecule has 0 bridgehead atoms. The van der Waals surface area contributed by atoms with Gasteiger partial charge < -0.3 is 15.5 Å². The topological polar surface area (TPSA) is 64.7 Å². The van der Waals surface area contributed by atoms with Gasteiger partial charge in [0, 0.05) is 32.7 Å². The van der Waals surface area contributed by atoms with Gasteiger partial charge in [-0.25, -0.2) is 0 Å². The predicted molar refractivity (Wildman–Crippen MR) is 98.4 cm³/mol. The minimum absolute atomic E-state index is 0. The lowest BCUT2D eigenvalue weighted by Gasteiger charge is -2.33. The maximum Gasteiger partial charge on any atom is 0.239 e. The van der Waals surface area contributed by atoms with E-state index in [9.17, 15) is 9.59 Å². The summed E-state index contributed by atoms with van der Waals surface area (Å²) < 4.78 is 0. The number of nitrogens with one attached hydrogen (secondary N) is 2. The van der Waals surface area contributed by atoms with Crippen molar-refractivity contribution in [3.63, 3.8) is 0 Å². The minimum atomic E-state index is -0.0781. The number of carbonyl (C=O) groups is 2. The Hall–Kier alpha value is -0.850. The van der Waals surface area contributed by atoms with Crippen LogP contribution in [-0.4, -0.2) is 74.0 Å². The van der Waals surface area contributed by atoms with E-state index in [0.717, 1.165) is 38.3 Å². The first-order valence-corrected chi connectivity index (χ1v) is 9.05. The van der Waals surface area contributed by atoms with Crippen molar-refractivity contribution < 1.29 is 9.59 Å². The summed E-state index contributed by atoms with van der Waals surface area (Å²) in [6.07, 6.45) is 5.91. The number of rotatable bonds is 9. The van der Waals surface area contributed by atoms with E-state index in [-0.39, 0.29) is 30.8 Å². The largest absolute Gasteiger partial charge is 0.355 e. The molecule has 6 nitrogen and oxygen atoms in total. The molecule has 0 atom stereocenters. The second-order valence-electron chi connectivity index (χ2n) is 7.00. The molecule has 2 amide bonds. The molecule has 0 unspecified atom stereocenters. The number of nitrogens with zero attached hydrogens (tertiary/aromatic N) is 2. The Morgan fingerprint density at radius 3 is 2.42 bits per heavy atom. The van der Waals surface area contributed by atoms with Crippen molar-refractivity contribution in [1.82, 2.24) is 20.4 Å². The van der Waals surface area contributed by atoms with Gasteiger partial charge in [0.05, 0.1) is 13.1 Å². The number of hydrogen-bond donors (Lipinski definition) is 2. The number of hydrogen-bond acceptors (Lipinski definition) is 4. The number of likely N-dealkylation sites (N-methyl/N-ethyl adjacent to an activating group) is 1. The second kappa shape index (κ2) is 10.9. The van der Waals surface area contributed by atoms with E-state index >= 15 is 0 Å². The quantitative estimate of drug-likeness (QED) is 0.640. The maximum absolute atomic E-state index is 12.2. The van der Waals surface area contributed by atoms with Crippen LogP contribution in [0.3, 0.4) is 0 Å². The molecule has 7 heteroatoms. The lowest BCUT2D eigenvalue weighted by Crippen LogP contribution is -2.48. The molecule has 1 heterocycles. The molecule has 2 fully saturated rings. The summed E-state index contributed by atoms with van der Waals surface area (Å²) in [5, 5.41) is 6.45. The van der Waals surface area contributed by atoms with Crippen LogP contribution in [0.15, 0.2) is 0 Å². The van der Waals surface area contributed by atoms with Gasteiger partial charge in [0.2, 0.25) is 11.8 Å².